The van der Waals surface area contributed by atoms with E-state index >= 15 is 0 Å². The van der Waals surface area contributed by atoms with Crippen LogP contribution in [0.5, 0.6) is 5.75 Å². The van der Waals surface area contributed by atoms with Crippen molar-refractivity contribution in [2.45, 2.75) is 45.6 Å². The SMILES string of the molecule is COc1ccccc1C(O)C1CCCCC1(C)C. The van der Waals surface area contributed by atoms with Gasteiger partial charge in [0, 0.05) is 5.56 Å². The Hall–Kier alpha value is -1.02. The van der Waals surface area contributed by atoms with Gasteiger partial charge in [-0.3, -0.25) is 0 Å². The van der Waals surface area contributed by atoms with Crippen LogP contribution < -0.4 is 4.74 Å². The summed E-state index contributed by atoms with van der Waals surface area (Å²) in [6.07, 6.45) is 4.38. The number of benzene rings is 1. The number of para-hydroxylation sites is 1. The summed E-state index contributed by atoms with van der Waals surface area (Å²) >= 11 is 0. The topological polar surface area (TPSA) is 29.5 Å². The van der Waals surface area contributed by atoms with Crippen LogP contribution in [0.3, 0.4) is 0 Å². The summed E-state index contributed by atoms with van der Waals surface area (Å²) in [6, 6.07) is 7.82. The zero-order valence-corrected chi connectivity index (χ0v) is 11.6. The quantitative estimate of drug-likeness (QED) is 0.877. The number of rotatable bonds is 3. The molecule has 0 radical (unpaired) electrons. The molecule has 1 N–H and O–H groups in total. The summed E-state index contributed by atoms with van der Waals surface area (Å²) in [5, 5.41) is 10.7. The lowest BCUT2D eigenvalue weighted by molar-refractivity contribution is 0.00269. The van der Waals surface area contributed by atoms with Crippen molar-refractivity contribution in [3.63, 3.8) is 0 Å². The Bertz CT molecular complexity index is 398. The molecule has 0 aromatic heterocycles. The van der Waals surface area contributed by atoms with Crippen molar-refractivity contribution in [2.75, 3.05) is 7.11 Å². The van der Waals surface area contributed by atoms with Gasteiger partial charge in [-0.2, -0.15) is 0 Å². The van der Waals surface area contributed by atoms with E-state index < -0.39 is 6.10 Å². The molecule has 18 heavy (non-hydrogen) atoms. The van der Waals surface area contributed by atoms with Crippen LogP contribution in [0, 0.1) is 11.3 Å². The van der Waals surface area contributed by atoms with Crippen molar-refractivity contribution < 1.29 is 9.84 Å². The van der Waals surface area contributed by atoms with Gasteiger partial charge in [0.25, 0.3) is 0 Å². The molecular formula is C16H24O2. The minimum absolute atomic E-state index is 0.207. The van der Waals surface area contributed by atoms with Crippen molar-refractivity contribution in [1.29, 1.82) is 0 Å². The first-order chi connectivity index (χ1) is 8.56. The van der Waals surface area contributed by atoms with E-state index in [9.17, 15) is 5.11 Å². The molecule has 1 aliphatic carbocycles. The number of hydrogen-bond acceptors (Lipinski definition) is 2. The fraction of sp³-hybridized carbons (Fsp3) is 0.625. The molecule has 1 aromatic carbocycles. The Balaban J connectivity index is 2.27. The molecule has 0 bridgehead atoms. The van der Waals surface area contributed by atoms with E-state index in [0.717, 1.165) is 17.7 Å². The molecule has 2 atom stereocenters. The molecule has 1 aromatic rings. The van der Waals surface area contributed by atoms with Crippen LogP contribution in [0.2, 0.25) is 0 Å². The molecule has 0 amide bonds. The van der Waals surface area contributed by atoms with Gasteiger partial charge in [0.2, 0.25) is 0 Å². The number of ether oxygens (including phenoxy) is 1. The summed E-state index contributed by atoms with van der Waals surface area (Å²) in [5.41, 5.74) is 1.14. The molecule has 0 heterocycles. The summed E-state index contributed by atoms with van der Waals surface area (Å²) in [4.78, 5) is 0. The Morgan fingerprint density at radius 3 is 2.67 bits per heavy atom. The fourth-order valence-electron chi connectivity index (χ4n) is 3.23. The van der Waals surface area contributed by atoms with E-state index in [0.29, 0.717) is 5.92 Å². The van der Waals surface area contributed by atoms with Crippen LogP contribution >= 0.6 is 0 Å². The van der Waals surface area contributed by atoms with Crippen molar-refractivity contribution in [3.8, 4) is 5.75 Å². The van der Waals surface area contributed by atoms with E-state index in [1.807, 2.05) is 24.3 Å². The van der Waals surface area contributed by atoms with E-state index in [1.54, 1.807) is 7.11 Å². The van der Waals surface area contributed by atoms with E-state index in [4.69, 9.17) is 4.74 Å². The third kappa shape index (κ3) is 2.54. The monoisotopic (exact) mass is 248 g/mol. The average molecular weight is 248 g/mol. The molecule has 2 nitrogen and oxygen atoms in total. The highest BCUT2D eigenvalue weighted by Crippen LogP contribution is 2.47. The number of aliphatic hydroxyl groups is 1. The van der Waals surface area contributed by atoms with Gasteiger partial charge in [-0.05, 0) is 30.2 Å². The van der Waals surface area contributed by atoms with Crippen LogP contribution in [0.15, 0.2) is 24.3 Å². The van der Waals surface area contributed by atoms with E-state index in [1.165, 1.54) is 19.3 Å². The van der Waals surface area contributed by atoms with Crippen LogP contribution in [0.1, 0.15) is 51.2 Å². The molecule has 2 heteroatoms. The highest BCUT2D eigenvalue weighted by molar-refractivity contribution is 5.35. The maximum absolute atomic E-state index is 10.7. The largest absolute Gasteiger partial charge is 0.496 e. The Morgan fingerprint density at radius 1 is 1.28 bits per heavy atom. The van der Waals surface area contributed by atoms with Crippen LogP contribution in [0.25, 0.3) is 0 Å². The van der Waals surface area contributed by atoms with Gasteiger partial charge in [-0.25, -0.2) is 0 Å². The molecule has 0 saturated heterocycles. The first-order valence-electron chi connectivity index (χ1n) is 6.87. The summed E-state index contributed by atoms with van der Waals surface area (Å²) < 4.78 is 5.37. The summed E-state index contributed by atoms with van der Waals surface area (Å²) in [6.45, 7) is 4.55. The normalized spacial score (nSPS) is 24.6. The van der Waals surface area contributed by atoms with Crippen molar-refractivity contribution in [3.05, 3.63) is 29.8 Å². The maximum atomic E-state index is 10.7. The van der Waals surface area contributed by atoms with Gasteiger partial charge in [0.1, 0.15) is 5.75 Å². The lowest BCUT2D eigenvalue weighted by Crippen LogP contribution is -2.32. The predicted molar refractivity (Wildman–Crippen MR) is 73.7 cm³/mol. The predicted octanol–water partition coefficient (Wildman–Crippen LogP) is 3.95. The number of hydrogen-bond donors (Lipinski definition) is 1. The first kappa shape index (κ1) is 13.4. The molecule has 1 aliphatic rings. The molecule has 1 saturated carbocycles. The number of aliphatic hydroxyl groups excluding tert-OH is 1. The van der Waals surface area contributed by atoms with Crippen molar-refractivity contribution in [1.82, 2.24) is 0 Å². The van der Waals surface area contributed by atoms with Gasteiger partial charge in [-0.15, -0.1) is 0 Å². The van der Waals surface area contributed by atoms with Crippen molar-refractivity contribution >= 4 is 0 Å². The first-order valence-corrected chi connectivity index (χ1v) is 6.87. The standard InChI is InChI=1S/C16H24O2/c1-16(2)11-7-6-9-13(16)15(17)12-8-4-5-10-14(12)18-3/h4-5,8,10,13,15,17H,6-7,9,11H2,1-3H3. The molecule has 100 valence electrons. The van der Waals surface area contributed by atoms with Crippen LogP contribution in [-0.4, -0.2) is 12.2 Å². The molecule has 1 fully saturated rings. The lowest BCUT2D eigenvalue weighted by Gasteiger charge is -2.41. The molecule has 0 spiro atoms. The smallest absolute Gasteiger partial charge is 0.124 e. The number of methoxy groups -OCH3 is 1. The minimum Gasteiger partial charge on any atom is -0.496 e. The third-order valence-electron chi connectivity index (χ3n) is 4.43. The molecule has 0 aliphatic heterocycles. The Kier molecular flexibility index (Phi) is 3.96. The summed E-state index contributed by atoms with van der Waals surface area (Å²) in [7, 11) is 1.66. The zero-order valence-electron chi connectivity index (χ0n) is 11.6. The van der Waals surface area contributed by atoms with Gasteiger partial charge >= 0.3 is 0 Å². The zero-order chi connectivity index (χ0) is 13.2. The second-order valence-electron chi connectivity index (χ2n) is 6.03. The lowest BCUT2D eigenvalue weighted by atomic mass is 9.65. The van der Waals surface area contributed by atoms with Gasteiger partial charge in [0.15, 0.2) is 0 Å². The highest BCUT2D eigenvalue weighted by atomic mass is 16.5. The third-order valence-corrected chi connectivity index (χ3v) is 4.43. The van der Waals surface area contributed by atoms with Gasteiger partial charge < -0.3 is 9.84 Å². The minimum atomic E-state index is -0.420. The van der Waals surface area contributed by atoms with Crippen LogP contribution in [0.4, 0.5) is 0 Å². The fourth-order valence-corrected chi connectivity index (χ4v) is 3.23. The molecular weight excluding hydrogens is 224 g/mol. The van der Waals surface area contributed by atoms with Gasteiger partial charge in [0.05, 0.1) is 13.2 Å². The molecule has 2 unspecified atom stereocenters. The summed E-state index contributed by atoms with van der Waals surface area (Å²) in [5.74, 6) is 1.12. The Labute approximate surface area is 110 Å². The molecule has 2 rings (SSSR count). The second kappa shape index (κ2) is 5.31. The Morgan fingerprint density at radius 2 is 2.00 bits per heavy atom. The van der Waals surface area contributed by atoms with E-state index in [2.05, 4.69) is 13.8 Å². The highest BCUT2D eigenvalue weighted by Gasteiger charge is 2.38. The van der Waals surface area contributed by atoms with Gasteiger partial charge in [-0.1, -0.05) is 44.9 Å². The van der Waals surface area contributed by atoms with Crippen LogP contribution in [-0.2, 0) is 0 Å². The average Bonchev–Trinajstić information content (AvgIpc) is 2.37. The van der Waals surface area contributed by atoms with E-state index in [-0.39, 0.29) is 5.41 Å². The second-order valence-corrected chi connectivity index (χ2v) is 6.03. The maximum Gasteiger partial charge on any atom is 0.124 e. The van der Waals surface area contributed by atoms with Crippen molar-refractivity contribution in [2.24, 2.45) is 11.3 Å².